The number of hydrogen-bond donors (Lipinski definition) is 1. The Morgan fingerprint density at radius 1 is 1.55 bits per heavy atom. The minimum atomic E-state index is 0.351. The van der Waals surface area contributed by atoms with Gasteiger partial charge in [-0.2, -0.15) is 0 Å². The lowest BCUT2D eigenvalue weighted by molar-refractivity contribution is 0.156. The number of aliphatic imine (C=N–C) groups is 1. The van der Waals surface area contributed by atoms with Crippen LogP contribution in [-0.4, -0.2) is 48.9 Å². The van der Waals surface area contributed by atoms with E-state index in [1.165, 1.54) is 12.8 Å². The number of nitrogens with one attached hydrogen (secondary N) is 1. The maximum absolute atomic E-state index is 5.58. The maximum atomic E-state index is 5.58. The predicted molar refractivity (Wildman–Crippen MR) is 75.4 cm³/mol. The van der Waals surface area contributed by atoms with Crippen molar-refractivity contribution in [1.82, 2.24) is 15.4 Å². The minimum absolute atomic E-state index is 0.351. The minimum Gasteiger partial charge on any atom is -0.381 e. The molecule has 3 rings (SSSR count). The van der Waals surface area contributed by atoms with E-state index in [9.17, 15) is 0 Å². The number of rotatable bonds is 3. The van der Waals surface area contributed by atoms with E-state index in [2.05, 4.69) is 27.3 Å². The summed E-state index contributed by atoms with van der Waals surface area (Å²) in [5.74, 6) is 0.972. The monoisotopic (exact) mass is 278 g/mol. The number of guanidine groups is 1. The Labute approximate surface area is 119 Å². The van der Waals surface area contributed by atoms with Crippen LogP contribution in [0.5, 0.6) is 0 Å². The molecule has 0 amide bonds. The molecule has 2 aliphatic heterocycles. The van der Waals surface area contributed by atoms with E-state index in [4.69, 9.17) is 9.26 Å². The molecule has 1 N–H and O–H groups in total. The summed E-state index contributed by atoms with van der Waals surface area (Å²) in [6.07, 6.45) is 3.95. The highest BCUT2D eigenvalue weighted by Crippen LogP contribution is 2.38. The Hall–Kier alpha value is -1.56. The van der Waals surface area contributed by atoms with E-state index >= 15 is 0 Å². The molecule has 1 unspecified atom stereocenters. The molecule has 0 bridgehead atoms. The lowest BCUT2D eigenvalue weighted by Gasteiger charge is -2.24. The van der Waals surface area contributed by atoms with Crippen molar-refractivity contribution in [2.45, 2.75) is 26.3 Å². The molecule has 0 saturated carbocycles. The number of likely N-dealkylation sites (tertiary alicyclic amines) is 1. The zero-order valence-electron chi connectivity index (χ0n) is 12.0. The SMILES string of the molecule is CCNC(=NCc1ccon1)N1CCC2(CCOC2)C1. The summed E-state index contributed by atoms with van der Waals surface area (Å²) < 4.78 is 10.4. The van der Waals surface area contributed by atoms with Gasteiger partial charge >= 0.3 is 0 Å². The van der Waals surface area contributed by atoms with Gasteiger partial charge in [-0.05, 0) is 19.8 Å². The molecule has 2 saturated heterocycles. The lowest BCUT2D eigenvalue weighted by Crippen LogP contribution is -2.41. The highest BCUT2D eigenvalue weighted by molar-refractivity contribution is 5.80. The quantitative estimate of drug-likeness (QED) is 0.666. The molecule has 6 nitrogen and oxygen atoms in total. The molecule has 3 heterocycles. The van der Waals surface area contributed by atoms with E-state index in [1.54, 1.807) is 6.26 Å². The smallest absolute Gasteiger partial charge is 0.194 e. The van der Waals surface area contributed by atoms with Crippen molar-refractivity contribution in [3.05, 3.63) is 18.0 Å². The number of hydrogen-bond acceptors (Lipinski definition) is 4. The first-order valence-corrected chi connectivity index (χ1v) is 7.32. The summed E-state index contributed by atoms with van der Waals surface area (Å²) in [6, 6.07) is 1.85. The highest BCUT2D eigenvalue weighted by atomic mass is 16.5. The van der Waals surface area contributed by atoms with Gasteiger partial charge in [0.25, 0.3) is 0 Å². The van der Waals surface area contributed by atoms with Gasteiger partial charge < -0.3 is 19.5 Å². The lowest BCUT2D eigenvalue weighted by atomic mass is 9.87. The van der Waals surface area contributed by atoms with Crippen LogP contribution >= 0.6 is 0 Å². The van der Waals surface area contributed by atoms with Crippen molar-refractivity contribution < 1.29 is 9.26 Å². The summed E-state index contributed by atoms with van der Waals surface area (Å²) in [5.41, 5.74) is 1.21. The van der Waals surface area contributed by atoms with Gasteiger partial charge in [0, 0.05) is 37.7 Å². The first-order valence-electron chi connectivity index (χ1n) is 7.32. The van der Waals surface area contributed by atoms with Crippen LogP contribution in [0.4, 0.5) is 0 Å². The fourth-order valence-electron chi connectivity index (χ4n) is 2.99. The van der Waals surface area contributed by atoms with Crippen molar-refractivity contribution in [2.24, 2.45) is 10.4 Å². The van der Waals surface area contributed by atoms with Crippen LogP contribution in [0.25, 0.3) is 0 Å². The van der Waals surface area contributed by atoms with Gasteiger partial charge in [0.2, 0.25) is 0 Å². The van der Waals surface area contributed by atoms with Crippen molar-refractivity contribution in [1.29, 1.82) is 0 Å². The number of aromatic nitrogens is 1. The predicted octanol–water partition coefficient (Wildman–Crippen LogP) is 1.25. The third kappa shape index (κ3) is 2.80. The van der Waals surface area contributed by atoms with E-state index in [-0.39, 0.29) is 0 Å². The number of ether oxygens (including phenoxy) is 1. The van der Waals surface area contributed by atoms with Crippen LogP contribution in [0.3, 0.4) is 0 Å². The van der Waals surface area contributed by atoms with Crippen molar-refractivity contribution in [3.63, 3.8) is 0 Å². The molecule has 1 aromatic heterocycles. The first kappa shape index (κ1) is 13.4. The topological polar surface area (TPSA) is 62.9 Å². The van der Waals surface area contributed by atoms with E-state index in [0.717, 1.165) is 44.5 Å². The fraction of sp³-hybridized carbons (Fsp3) is 0.714. The van der Waals surface area contributed by atoms with Crippen LogP contribution in [0, 0.1) is 5.41 Å². The molecule has 2 fully saturated rings. The summed E-state index contributed by atoms with van der Waals surface area (Å²) in [6.45, 7) is 7.41. The Bertz CT molecular complexity index is 452. The molecule has 1 atom stereocenters. The summed E-state index contributed by atoms with van der Waals surface area (Å²) >= 11 is 0. The molecule has 1 spiro atoms. The first-order chi connectivity index (χ1) is 9.81. The van der Waals surface area contributed by atoms with E-state index in [0.29, 0.717) is 12.0 Å². The molecular weight excluding hydrogens is 256 g/mol. The Kier molecular flexibility index (Phi) is 3.91. The van der Waals surface area contributed by atoms with Crippen LogP contribution in [-0.2, 0) is 11.3 Å². The van der Waals surface area contributed by atoms with Gasteiger partial charge in [0.05, 0.1) is 13.2 Å². The van der Waals surface area contributed by atoms with Crippen molar-refractivity contribution in [2.75, 3.05) is 32.8 Å². The zero-order valence-corrected chi connectivity index (χ0v) is 12.0. The van der Waals surface area contributed by atoms with Crippen LogP contribution in [0.15, 0.2) is 21.8 Å². The van der Waals surface area contributed by atoms with Gasteiger partial charge in [0.15, 0.2) is 5.96 Å². The zero-order chi connectivity index (χ0) is 13.8. The largest absolute Gasteiger partial charge is 0.381 e. The second-order valence-corrected chi connectivity index (χ2v) is 5.64. The van der Waals surface area contributed by atoms with Crippen LogP contribution in [0.2, 0.25) is 0 Å². The van der Waals surface area contributed by atoms with Gasteiger partial charge in [-0.25, -0.2) is 4.99 Å². The molecule has 110 valence electrons. The van der Waals surface area contributed by atoms with Crippen molar-refractivity contribution in [3.8, 4) is 0 Å². The molecular formula is C14H22N4O2. The van der Waals surface area contributed by atoms with Crippen molar-refractivity contribution >= 4 is 5.96 Å². The average Bonchev–Trinajstić information content (AvgIpc) is 3.18. The molecule has 2 aliphatic rings. The molecule has 6 heteroatoms. The molecule has 20 heavy (non-hydrogen) atoms. The second kappa shape index (κ2) is 5.83. The van der Waals surface area contributed by atoms with Gasteiger partial charge in [-0.1, -0.05) is 5.16 Å². The normalized spacial score (nSPS) is 26.6. The fourth-order valence-corrected chi connectivity index (χ4v) is 2.99. The highest BCUT2D eigenvalue weighted by Gasteiger charge is 2.42. The van der Waals surface area contributed by atoms with Gasteiger partial charge in [-0.3, -0.25) is 0 Å². The molecule has 0 aromatic carbocycles. The second-order valence-electron chi connectivity index (χ2n) is 5.64. The average molecular weight is 278 g/mol. The molecule has 0 aliphatic carbocycles. The van der Waals surface area contributed by atoms with Crippen LogP contribution in [0.1, 0.15) is 25.5 Å². The standard InChI is InChI=1S/C14H22N4O2/c1-2-15-13(16-9-12-3-7-20-17-12)18-6-4-14(10-18)5-8-19-11-14/h3,7H,2,4-6,8-11H2,1H3,(H,15,16). The third-order valence-corrected chi connectivity index (χ3v) is 4.14. The molecule has 0 radical (unpaired) electrons. The third-order valence-electron chi connectivity index (χ3n) is 4.14. The van der Waals surface area contributed by atoms with Gasteiger partial charge in [0.1, 0.15) is 12.0 Å². The van der Waals surface area contributed by atoms with Gasteiger partial charge in [-0.15, -0.1) is 0 Å². The number of nitrogens with zero attached hydrogens (tertiary/aromatic N) is 3. The van der Waals surface area contributed by atoms with E-state index in [1.807, 2.05) is 6.07 Å². The molecule has 1 aromatic rings. The summed E-state index contributed by atoms with van der Waals surface area (Å²) in [4.78, 5) is 7.01. The van der Waals surface area contributed by atoms with Crippen LogP contribution < -0.4 is 5.32 Å². The maximum Gasteiger partial charge on any atom is 0.194 e. The Morgan fingerprint density at radius 2 is 2.50 bits per heavy atom. The Morgan fingerprint density at radius 3 is 3.20 bits per heavy atom. The Balaban J connectivity index is 1.66. The summed E-state index contributed by atoms with van der Waals surface area (Å²) in [5, 5.41) is 7.27. The van der Waals surface area contributed by atoms with E-state index < -0.39 is 0 Å². The summed E-state index contributed by atoms with van der Waals surface area (Å²) in [7, 11) is 0.